The zero-order valence-electron chi connectivity index (χ0n) is 15.7. The van der Waals surface area contributed by atoms with Crippen LogP contribution in [0.1, 0.15) is 17.2 Å². The number of amides is 1. The van der Waals surface area contributed by atoms with Gasteiger partial charge in [-0.3, -0.25) is 9.48 Å². The number of likely N-dealkylation sites (tertiary alicyclic amines) is 1. The summed E-state index contributed by atoms with van der Waals surface area (Å²) >= 11 is 0. The van der Waals surface area contributed by atoms with Gasteiger partial charge >= 0.3 is 0 Å². The van der Waals surface area contributed by atoms with Crippen molar-refractivity contribution in [2.45, 2.75) is 32.1 Å². The maximum atomic E-state index is 12.6. The van der Waals surface area contributed by atoms with E-state index in [-0.39, 0.29) is 30.8 Å². The van der Waals surface area contributed by atoms with Crippen molar-refractivity contribution in [1.82, 2.24) is 14.7 Å². The molecule has 2 fully saturated rings. The van der Waals surface area contributed by atoms with Gasteiger partial charge in [0.1, 0.15) is 18.0 Å². The Morgan fingerprint density at radius 3 is 2.59 bits per heavy atom. The summed E-state index contributed by atoms with van der Waals surface area (Å²) in [7, 11) is 0. The second-order valence-corrected chi connectivity index (χ2v) is 7.17. The summed E-state index contributed by atoms with van der Waals surface area (Å²) in [5.41, 5.74) is 2.21. The molecular weight excluding hydrogens is 346 g/mol. The van der Waals surface area contributed by atoms with Crippen LogP contribution in [0.15, 0.2) is 36.7 Å². The third-order valence-corrected chi connectivity index (χ3v) is 5.38. The Morgan fingerprint density at radius 1 is 1.19 bits per heavy atom. The number of aryl methyl sites for hydroxylation is 1. The van der Waals surface area contributed by atoms with E-state index in [0.29, 0.717) is 26.3 Å². The van der Waals surface area contributed by atoms with Crippen LogP contribution in [0.5, 0.6) is 5.75 Å². The molecule has 0 aliphatic carbocycles. The maximum Gasteiger partial charge on any atom is 0.260 e. The summed E-state index contributed by atoms with van der Waals surface area (Å²) in [4.78, 5) is 14.3. The molecule has 1 aromatic carbocycles. The van der Waals surface area contributed by atoms with Crippen molar-refractivity contribution >= 4 is 5.91 Å². The molecule has 2 aromatic rings. The van der Waals surface area contributed by atoms with Crippen LogP contribution in [0.3, 0.4) is 0 Å². The van der Waals surface area contributed by atoms with E-state index in [4.69, 9.17) is 14.2 Å². The Kier molecular flexibility index (Phi) is 5.13. The van der Waals surface area contributed by atoms with E-state index >= 15 is 0 Å². The van der Waals surface area contributed by atoms with Gasteiger partial charge in [0.25, 0.3) is 5.91 Å². The minimum atomic E-state index is -0.102. The highest BCUT2D eigenvalue weighted by Gasteiger charge is 2.39. The first-order chi connectivity index (χ1) is 13.1. The first-order valence-electron chi connectivity index (χ1n) is 9.31. The zero-order chi connectivity index (χ0) is 18.8. The van der Waals surface area contributed by atoms with Gasteiger partial charge in [0, 0.05) is 25.5 Å². The van der Waals surface area contributed by atoms with Crippen molar-refractivity contribution in [1.29, 1.82) is 0 Å². The topological polar surface area (TPSA) is 65.8 Å². The Bertz CT molecular complexity index is 777. The average Bonchev–Trinajstić information content (AvgIpc) is 3.30. The lowest BCUT2D eigenvalue weighted by Crippen LogP contribution is -2.35. The van der Waals surface area contributed by atoms with Gasteiger partial charge in [0.2, 0.25) is 0 Å². The van der Waals surface area contributed by atoms with Crippen LogP contribution < -0.4 is 4.74 Å². The minimum absolute atomic E-state index is 0.0274. The monoisotopic (exact) mass is 371 g/mol. The lowest BCUT2D eigenvalue weighted by atomic mass is 10.1. The Hall–Kier alpha value is -2.38. The molecule has 3 heterocycles. The summed E-state index contributed by atoms with van der Waals surface area (Å²) in [6, 6.07) is 7.83. The molecule has 144 valence electrons. The molecule has 0 bridgehead atoms. The molecule has 2 saturated heterocycles. The van der Waals surface area contributed by atoms with Crippen molar-refractivity contribution in [3.8, 4) is 5.75 Å². The SMILES string of the molecule is Cc1cccc(OCC(=O)N2C[C@@H]3OCC(n4cccn4)CO[C@H]3C2)c1C. The third kappa shape index (κ3) is 3.84. The van der Waals surface area contributed by atoms with Crippen LogP contribution >= 0.6 is 0 Å². The lowest BCUT2D eigenvalue weighted by molar-refractivity contribution is -0.133. The zero-order valence-corrected chi connectivity index (χ0v) is 15.7. The van der Waals surface area contributed by atoms with Crippen molar-refractivity contribution in [3.63, 3.8) is 0 Å². The number of aromatic nitrogens is 2. The van der Waals surface area contributed by atoms with E-state index in [1.807, 2.05) is 49.0 Å². The van der Waals surface area contributed by atoms with Gasteiger partial charge in [-0.1, -0.05) is 12.1 Å². The Labute approximate surface area is 158 Å². The highest BCUT2D eigenvalue weighted by Crippen LogP contribution is 2.24. The van der Waals surface area contributed by atoms with Crippen LogP contribution in [-0.2, 0) is 14.3 Å². The average molecular weight is 371 g/mol. The molecule has 0 unspecified atom stereocenters. The molecule has 1 amide bonds. The number of nitrogens with zero attached hydrogens (tertiary/aromatic N) is 3. The smallest absolute Gasteiger partial charge is 0.260 e. The summed E-state index contributed by atoms with van der Waals surface area (Å²) in [6.45, 7) is 6.19. The number of carbonyl (C=O) groups excluding carboxylic acids is 1. The van der Waals surface area contributed by atoms with E-state index in [9.17, 15) is 4.79 Å². The standard InChI is InChI=1S/C20H25N3O4/c1-14-5-3-6-17(15(14)2)27-13-20(24)22-9-18-19(10-22)26-12-16(11-25-18)23-8-4-7-21-23/h3-8,16,18-19H,9-13H2,1-2H3/t18-,19-/m0/s1. The molecule has 7 heteroatoms. The van der Waals surface area contributed by atoms with E-state index in [0.717, 1.165) is 16.9 Å². The van der Waals surface area contributed by atoms with Gasteiger partial charge in [-0.15, -0.1) is 0 Å². The summed E-state index contributed by atoms with van der Waals surface area (Å²) in [5.74, 6) is 0.714. The number of hydrogen-bond acceptors (Lipinski definition) is 5. The predicted octanol–water partition coefficient (Wildman–Crippen LogP) is 1.75. The van der Waals surface area contributed by atoms with Crippen LogP contribution in [0.2, 0.25) is 0 Å². The van der Waals surface area contributed by atoms with E-state index < -0.39 is 0 Å². The molecule has 2 atom stereocenters. The molecule has 2 aliphatic heterocycles. The van der Waals surface area contributed by atoms with E-state index in [1.165, 1.54) is 0 Å². The third-order valence-electron chi connectivity index (χ3n) is 5.38. The van der Waals surface area contributed by atoms with Crippen molar-refractivity contribution in [2.24, 2.45) is 0 Å². The second kappa shape index (κ2) is 7.70. The maximum absolute atomic E-state index is 12.6. The largest absolute Gasteiger partial charge is 0.483 e. The predicted molar refractivity (Wildman–Crippen MR) is 98.7 cm³/mol. The molecule has 0 saturated carbocycles. The molecular formula is C20H25N3O4. The normalized spacial score (nSPS) is 23.1. The fraction of sp³-hybridized carbons (Fsp3) is 0.500. The number of rotatable bonds is 4. The van der Waals surface area contributed by atoms with Crippen molar-refractivity contribution in [3.05, 3.63) is 47.8 Å². The van der Waals surface area contributed by atoms with Crippen LogP contribution in [0.4, 0.5) is 0 Å². The first-order valence-corrected chi connectivity index (χ1v) is 9.31. The van der Waals surface area contributed by atoms with Gasteiger partial charge < -0.3 is 19.1 Å². The summed E-state index contributed by atoms with van der Waals surface area (Å²) in [6.07, 6.45) is 3.46. The molecule has 2 aliphatic rings. The second-order valence-electron chi connectivity index (χ2n) is 7.17. The number of fused-ring (bicyclic) bond motifs is 1. The molecule has 0 N–H and O–H groups in total. The van der Waals surface area contributed by atoms with E-state index in [1.54, 1.807) is 11.1 Å². The number of benzene rings is 1. The van der Waals surface area contributed by atoms with E-state index in [2.05, 4.69) is 5.10 Å². The summed E-state index contributed by atoms with van der Waals surface area (Å²) in [5, 5.41) is 4.26. The molecule has 1 aromatic heterocycles. The Balaban J connectivity index is 1.31. The van der Waals surface area contributed by atoms with Crippen LogP contribution in [-0.4, -0.2) is 65.7 Å². The molecule has 0 radical (unpaired) electrons. The highest BCUT2D eigenvalue weighted by molar-refractivity contribution is 5.78. The first kappa shape index (κ1) is 18.0. The van der Waals surface area contributed by atoms with Gasteiger partial charge in [-0.05, 0) is 37.1 Å². The van der Waals surface area contributed by atoms with Gasteiger partial charge in [0.05, 0.1) is 19.3 Å². The number of ether oxygens (including phenoxy) is 3. The Morgan fingerprint density at radius 2 is 1.93 bits per heavy atom. The van der Waals surface area contributed by atoms with Crippen molar-refractivity contribution in [2.75, 3.05) is 32.9 Å². The van der Waals surface area contributed by atoms with Gasteiger partial charge in [-0.25, -0.2) is 0 Å². The fourth-order valence-corrected chi connectivity index (χ4v) is 3.55. The molecule has 27 heavy (non-hydrogen) atoms. The molecule has 0 spiro atoms. The van der Waals surface area contributed by atoms with Crippen LogP contribution in [0.25, 0.3) is 0 Å². The van der Waals surface area contributed by atoms with Crippen LogP contribution in [0, 0.1) is 13.8 Å². The fourth-order valence-electron chi connectivity index (χ4n) is 3.55. The summed E-state index contributed by atoms with van der Waals surface area (Å²) < 4.78 is 19.7. The van der Waals surface area contributed by atoms with Gasteiger partial charge in [0.15, 0.2) is 6.61 Å². The number of hydrogen-bond donors (Lipinski definition) is 0. The lowest BCUT2D eigenvalue weighted by Gasteiger charge is -2.19. The number of carbonyl (C=O) groups is 1. The molecule has 4 rings (SSSR count). The molecule has 7 nitrogen and oxygen atoms in total. The van der Waals surface area contributed by atoms with Gasteiger partial charge in [-0.2, -0.15) is 5.10 Å². The quantitative estimate of drug-likeness (QED) is 0.819. The minimum Gasteiger partial charge on any atom is -0.483 e. The van der Waals surface area contributed by atoms with Crippen molar-refractivity contribution < 1.29 is 19.0 Å². The highest BCUT2D eigenvalue weighted by atomic mass is 16.6.